The number of nitrogens with two attached hydrogens (primary N) is 1. The minimum Gasteiger partial charge on any atom is -0.452 e. The molecule has 2 heterocycles. The molecule has 0 saturated carbocycles. The Morgan fingerprint density at radius 2 is 2.31 bits per heavy atom. The lowest BCUT2D eigenvalue weighted by Crippen LogP contribution is -2.18. The highest BCUT2D eigenvalue weighted by atomic mass is 79.9. The first-order chi connectivity index (χ1) is 6.29. The van der Waals surface area contributed by atoms with Gasteiger partial charge in [-0.15, -0.1) is 0 Å². The molecule has 1 aromatic rings. The molecule has 0 aliphatic carbocycles. The summed E-state index contributed by atoms with van der Waals surface area (Å²) in [7, 11) is 0. The fourth-order valence-corrected chi connectivity index (χ4v) is 1.91. The van der Waals surface area contributed by atoms with Crippen LogP contribution in [0.2, 0.25) is 0 Å². The number of ether oxygens (including phenoxy) is 1. The molecule has 0 amide bonds. The van der Waals surface area contributed by atoms with Gasteiger partial charge in [-0.25, -0.2) is 0 Å². The molecule has 0 spiro atoms. The van der Waals surface area contributed by atoms with Crippen molar-refractivity contribution in [3.05, 3.63) is 22.6 Å². The van der Waals surface area contributed by atoms with Crippen LogP contribution in [-0.4, -0.2) is 12.6 Å². The van der Waals surface area contributed by atoms with E-state index in [0.717, 1.165) is 23.3 Å². The van der Waals surface area contributed by atoms with Crippen molar-refractivity contribution in [1.82, 2.24) is 0 Å². The Hall–Kier alpha value is -0.320. The van der Waals surface area contributed by atoms with Crippen LogP contribution in [0.25, 0.3) is 0 Å². The first-order valence-electron chi connectivity index (χ1n) is 4.40. The highest BCUT2D eigenvalue weighted by molar-refractivity contribution is 9.10. The fraction of sp³-hybridized carbons (Fsp3) is 0.556. The summed E-state index contributed by atoms with van der Waals surface area (Å²) in [4.78, 5) is 0. The van der Waals surface area contributed by atoms with E-state index in [1.54, 1.807) is 0 Å². The Kier molecular flexibility index (Phi) is 2.71. The molecule has 0 aromatic carbocycles. The van der Waals surface area contributed by atoms with E-state index >= 15 is 0 Å². The summed E-state index contributed by atoms with van der Waals surface area (Å²) >= 11 is 3.26. The van der Waals surface area contributed by atoms with Gasteiger partial charge in [-0.05, 0) is 40.9 Å². The molecule has 1 fully saturated rings. The lowest BCUT2D eigenvalue weighted by atomic mass is 10.1. The molecule has 13 heavy (non-hydrogen) atoms. The summed E-state index contributed by atoms with van der Waals surface area (Å²) in [6.07, 6.45) is 2.33. The number of furan rings is 1. The third kappa shape index (κ3) is 1.95. The van der Waals surface area contributed by atoms with Crippen LogP contribution in [0, 0.1) is 0 Å². The van der Waals surface area contributed by atoms with Gasteiger partial charge in [0.05, 0.1) is 6.10 Å². The molecule has 1 aliphatic heterocycles. The second kappa shape index (κ2) is 3.82. The zero-order valence-electron chi connectivity index (χ0n) is 7.20. The summed E-state index contributed by atoms with van der Waals surface area (Å²) in [5.41, 5.74) is 5.51. The van der Waals surface area contributed by atoms with Gasteiger partial charge in [-0.2, -0.15) is 0 Å². The van der Waals surface area contributed by atoms with Crippen LogP contribution in [0.15, 0.2) is 21.2 Å². The highest BCUT2D eigenvalue weighted by Crippen LogP contribution is 2.33. The minimum atomic E-state index is 0.0971. The zero-order chi connectivity index (χ0) is 9.26. The van der Waals surface area contributed by atoms with Crippen molar-refractivity contribution in [3.8, 4) is 0 Å². The van der Waals surface area contributed by atoms with Crippen molar-refractivity contribution in [3.63, 3.8) is 0 Å². The van der Waals surface area contributed by atoms with E-state index in [2.05, 4.69) is 15.9 Å². The van der Waals surface area contributed by atoms with Crippen molar-refractivity contribution in [1.29, 1.82) is 0 Å². The Bertz CT molecular complexity index is 287. The topological polar surface area (TPSA) is 48.4 Å². The summed E-state index contributed by atoms with van der Waals surface area (Å²) in [5.74, 6) is 0.892. The average Bonchev–Trinajstić information content (AvgIpc) is 2.71. The van der Waals surface area contributed by atoms with Gasteiger partial charge in [-0.1, -0.05) is 0 Å². The maximum Gasteiger partial charge on any atom is 0.169 e. The van der Waals surface area contributed by atoms with Crippen LogP contribution in [0.3, 0.4) is 0 Å². The second-order valence-corrected chi connectivity index (χ2v) is 3.98. The van der Waals surface area contributed by atoms with E-state index < -0.39 is 0 Å². The molecule has 0 bridgehead atoms. The molecule has 1 saturated heterocycles. The van der Waals surface area contributed by atoms with Crippen molar-refractivity contribution in [2.24, 2.45) is 5.73 Å². The third-order valence-corrected chi connectivity index (χ3v) is 2.71. The lowest BCUT2D eigenvalue weighted by molar-refractivity contribution is 0.0367. The normalized spacial score (nSPS) is 28.2. The van der Waals surface area contributed by atoms with Gasteiger partial charge in [0.15, 0.2) is 4.67 Å². The Labute approximate surface area is 85.4 Å². The molecule has 2 unspecified atom stereocenters. The van der Waals surface area contributed by atoms with Crippen molar-refractivity contribution >= 4 is 15.9 Å². The standard InChI is InChI=1S/C9H12BrNO2/c10-9-4-3-8(13-9)7-2-1-6(5-11)12-7/h3-4,6-7H,1-2,5,11H2. The van der Waals surface area contributed by atoms with Crippen LogP contribution in [0.1, 0.15) is 24.7 Å². The summed E-state index contributed by atoms with van der Waals surface area (Å²) in [6, 6.07) is 3.82. The zero-order valence-corrected chi connectivity index (χ0v) is 8.79. The first-order valence-corrected chi connectivity index (χ1v) is 5.19. The van der Waals surface area contributed by atoms with E-state index in [4.69, 9.17) is 14.9 Å². The average molecular weight is 246 g/mol. The maximum absolute atomic E-state index is 5.67. The molecule has 72 valence electrons. The fourth-order valence-electron chi connectivity index (χ4n) is 1.59. The van der Waals surface area contributed by atoms with Gasteiger partial charge in [0, 0.05) is 6.54 Å². The minimum absolute atomic E-state index is 0.0971. The Morgan fingerprint density at radius 3 is 2.85 bits per heavy atom. The predicted molar refractivity (Wildman–Crippen MR) is 52.3 cm³/mol. The summed E-state index contributed by atoms with van der Waals surface area (Å²) in [5, 5.41) is 0. The van der Waals surface area contributed by atoms with Crippen LogP contribution in [0.4, 0.5) is 0 Å². The van der Waals surface area contributed by atoms with Gasteiger partial charge in [0.25, 0.3) is 0 Å². The van der Waals surface area contributed by atoms with Crippen LogP contribution >= 0.6 is 15.9 Å². The molecule has 0 radical (unpaired) electrons. The lowest BCUT2D eigenvalue weighted by Gasteiger charge is -2.09. The largest absolute Gasteiger partial charge is 0.452 e. The quantitative estimate of drug-likeness (QED) is 0.870. The highest BCUT2D eigenvalue weighted by Gasteiger charge is 2.27. The van der Waals surface area contributed by atoms with Gasteiger partial charge in [-0.3, -0.25) is 0 Å². The molecule has 2 N–H and O–H groups in total. The van der Waals surface area contributed by atoms with E-state index in [-0.39, 0.29) is 12.2 Å². The van der Waals surface area contributed by atoms with E-state index in [0.29, 0.717) is 6.54 Å². The van der Waals surface area contributed by atoms with Crippen molar-refractivity contribution in [2.75, 3.05) is 6.54 Å². The third-order valence-electron chi connectivity index (χ3n) is 2.28. The SMILES string of the molecule is NCC1CCC(c2ccc(Br)o2)O1. The number of halogens is 1. The monoisotopic (exact) mass is 245 g/mol. The molecular weight excluding hydrogens is 234 g/mol. The number of hydrogen-bond donors (Lipinski definition) is 1. The molecule has 1 aromatic heterocycles. The van der Waals surface area contributed by atoms with Gasteiger partial charge < -0.3 is 14.9 Å². The van der Waals surface area contributed by atoms with Crippen molar-refractivity contribution in [2.45, 2.75) is 25.0 Å². The molecule has 3 nitrogen and oxygen atoms in total. The van der Waals surface area contributed by atoms with Crippen molar-refractivity contribution < 1.29 is 9.15 Å². The molecule has 4 heteroatoms. The second-order valence-electron chi connectivity index (χ2n) is 3.20. The van der Waals surface area contributed by atoms with Crippen LogP contribution in [0.5, 0.6) is 0 Å². The molecule has 2 atom stereocenters. The first kappa shape index (κ1) is 9.24. The molecule has 1 aliphatic rings. The van der Waals surface area contributed by atoms with E-state index in [9.17, 15) is 0 Å². The summed E-state index contributed by atoms with van der Waals surface area (Å²) < 4.78 is 11.8. The van der Waals surface area contributed by atoms with Gasteiger partial charge >= 0.3 is 0 Å². The Balaban J connectivity index is 2.03. The number of rotatable bonds is 2. The van der Waals surface area contributed by atoms with E-state index in [1.165, 1.54) is 0 Å². The smallest absolute Gasteiger partial charge is 0.169 e. The maximum atomic E-state index is 5.67. The molecular formula is C9H12BrNO2. The predicted octanol–water partition coefficient (Wildman–Crippen LogP) is 2.22. The van der Waals surface area contributed by atoms with Gasteiger partial charge in [0.2, 0.25) is 0 Å². The van der Waals surface area contributed by atoms with Gasteiger partial charge in [0.1, 0.15) is 11.9 Å². The molecule has 2 rings (SSSR count). The van der Waals surface area contributed by atoms with Crippen LogP contribution in [-0.2, 0) is 4.74 Å². The van der Waals surface area contributed by atoms with E-state index in [1.807, 2.05) is 12.1 Å². The number of hydrogen-bond acceptors (Lipinski definition) is 3. The summed E-state index contributed by atoms with van der Waals surface area (Å²) in [6.45, 7) is 0.596. The van der Waals surface area contributed by atoms with Crippen LogP contribution < -0.4 is 5.73 Å². The Morgan fingerprint density at radius 1 is 1.46 bits per heavy atom.